The van der Waals surface area contributed by atoms with E-state index in [9.17, 15) is 18.0 Å². The molecule has 0 aliphatic carbocycles. The molecule has 0 radical (unpaired) electrons. The third-order valence-corrected chi connectivity index (χ3v) is 4.78. The number of carbonyl (C=O) groups is 2. The van der Waals surface area contributed by atoms with Gasteiger partial charge in [-0.15, -0.1) is 0 Å². The Morgan fingerprint density at radius 2 is 1.71 bits per heavy atom. The monoisotopic (exact) mass is 346 g/mol. The lowest BCUT2D eigenvalue weighted by atomic mass is 10.2. The van der Waals surface area contributed by atoms with E-state index in [0.717, 1.165) is 5.56 Å². The van der Waals surface area contributed by atoms with Gasteiger partial charge in [-0.25, -0.2) is 13.1 Å². The number of hydrogen-bond acceptors (Lipinski definition) is 4. The summed E-state index contributed by atoms with van der Waals surface area (Å²) in [5, 5.41) is 2.54. The molecule has 2 aromatic carbocycles. The van der Waals surface area contributed by atoms with E-state index in [1.165, 1.54) is 25.1 Å². The highest BCUT2D eigenvalue weighted by Crippen LogP contribution is 2.17. The zero-order valence-corrected chi connectivity index (χ0v) is 14.4. The second-order valence-electron chi connectivity index (χ2n) is 5.47. The van der Waals surface area contributed by atoms with Gasteiger partial charge in [0.1, 0.15) is 0 Å². The summed E-state index contributed by atoms with van der Waals surface area (Å²) >= 11 is 0. The fourth-order valence-corrected chi connectivity index (χ4v) is 3.48. The number of rotatable bonds is 4. The minimum atomic E-state index is -3.98. The molecular formula is C17H18N2O4S. The Morgan fingerprint density at radius 1 is 1.00 bits per heavy atom. The lowest BCUT2D eigenvalue weighted by Gasteiger charge is -2.11. The molecule has 2 N–H and O–H groups in total. The molecule has 0 spiro atoms. The number of aryl methyl sites for hydroxylation is 2. The fourth-order valence-electron chi connectivity index (χ4n) is 2.28. The summed E-state index contributed by atoms with van der Waals surface area (Å²) in [5.74, 6) is -1.04. The van der Waals surface area contributed by atoms with Crippen LogP contribution in [0.3, 0.4) is 0 Å². The van der Waals surface area contributed by atoms with Crippen molar-refractivity contribution < 1.29 is 18.0 Å². The summed E-state index contributed by atoms with van der Waals surface area (Å²) in [6.45, 7) is 4.87. The maximum atomic E-state index is 12.4. The molecule has 0 fully saturated rings. The van der Waals surface area contributed by atoms with E-state index >= 15 is 0 Å². The average Bonchev–Trinajstić information content (AvgIpc) is 2.45. The van der Waals surface area contributed by atoms with Crippen LogP contribution in [0.5, 0.6) is 0 Å². The van der Waals surface area contributed by atoms with Gasteiger partial charge >= 0.3 is 0 Å². The molecule has 0 aliphatic rings. The zero-order valence-electron chi connectivity index (χ0n) is 13.6. The molecule has 0 aromatic heterocycles. The van der Waals surface area contributed by atoms with Crippen LogP contribution >= 0.6 is 0 Å². The maximum Gasteiger partial charge on any atom is 0.265 e. The van der Waals surface area contributed by atoms with Crippen LogP contribution < -0.4 is 10.0 Å². The predicted octanol–water partition coefficient (Wildman–Crippen LogP) is 2.38. The molecule has 2 amide bonds. The van der Waals surface area contributed by atoms with Crippen LogP contribution in [0.25, 0.3) is 0 Å². The third-order valence-electron chi connectivity index (χ3n) is 3.29. The topological polar surface area (TPSA) is 92.3 Å². The molecule has 2 rings (SSSR count). The first-order chi connectivity index (χ1) is 11.2. The normalized spacial score (nSPS) is 11.0. The van der Waals surface area contributed by atoms with Gasteiger partial charge in [0, 0.05) is 18.2 Å². The number of benzene rings is 2. The molecule has 0 heterocycles. The molecule has 24 heavy (non-hydrogen) atoms. The number of carbonyl (C=O) groups excluding carboxylic acids is 2. The van der Waals surface area contributed by atoms with Crippen LogP contribution in [0.1, 0.15) is 28.4 Å². The molecule has 0 unspecified atom stereocenters. The van der Waals surface area contributed by atoms with Crippen LogP contribution in [-0.2, 0) is 14.8 Å². The molecule has 0 saturated heterocycles. The molecule has 7 heteroatoms. The molecule has 6 nitrogen and oxygen atoms in total. The summed E-state index contributed by atoms with van der Waals surface area (Å²) in [6.07, 6.45) is 0. The molecule has 126 valence electrons. The summed E-state index contributed by atoms with van der Waals surface area (Å²) < 4.78 is 26.9. The van der Waals surface area contributed by atoms with Gasteiger partial charge < -0.3 is 5.32 Å². The van der Waals surface area contributed by atoms with Crippen molar-refractivity contribution in [2.75, 3.05) is 5.32 Å². The van der Waals surface area contributed by atoms with E-state index in [1.54, 1.807) is 31.2 Å². The highest BCUT2D eigenvalue weighted by atomic mass is 32.2. The van der Waals surface area contributed by atoms with Gasteiger partial charge in [-0.3, -0.25) is 9.59 Å². The summed E-state index contributed by atoms with van der Waals surface area (Å²) in [6, 6.07) is 10.9. The lowest BCUT2D eigenvalue weighted by molar-refractivity contribution is -0.114. The highest BCUT2D eigenvalue weighted by Gasteiger charge is 2.20. The Bertz CT molecular complexity index is 905. The Hall–Kier alpha value is -2.67. The van der Waals surface area contributed by atoms with Crippen LogP contribution in [0, 0.1) is 13.8 Å². The van der Waals surface area contributed by atoms with Crippen molar-refractivity contribution in [1.29, 1.82) is 0 Å². The number of hydrogen-bond donors (Lipinski definition) is 2. The van der Waals surface area contributed by atoms with Gasteiger partial charge in [0.05, 0.1) is 4.90 Å². The number of amides is 2. The Morgan fingerprint density at radius 3 is 2.33 bits per heavy atom. The van der Waals surface area contributed by atoms with Crippen molar-refractivity contribution >= 4 is 27.5 Å². The number of sulfonamides is 1. The van der Waals surface area contributed by atoms with E-state index in [0.29, 0.717) is 11.3 Å². The smallest absolute Gasteiger partial charge is 0.265 e. The summed E-state index contributed by atoms with van der Waals surface area (Å²) in [4.78, 5) is 23.4. The second-order valence-corrected chi connectivity index (χ2v) is 7.12. The van der Waals surface area contributed by atoms with Gasteiger partial charge in [0.25, 0.3) is 15.9 Å². The largest absolute Gasteiger partial charge is 0.326 e. The fraction of sp³-hybridized carbons (Fsp3) is 0.176. The van der Waals surface area contributed by atoms with E-state index in [-0.39, 0.29) is 16.4 Å². The molecule has 0 bridgehead atoms. The van der Waals surface area contributed by atoms with Crippen LogP contribution in [-0.4, -0.2) is 20.2 Å². The van der Waals surface area contributed by atoms with Gasteiger partial charge in [0.2, 0.25) is 5.91 Å². The average molecular weight is 346 g/mol. The quantitative estimate of drug-likeness (QED) is 0.889. The lowest BCUT2D eigenvalue weighted by Crippen LogP contribution is -2.31. The summed E-state index contributed by atoms with van der Waals surface area (Å²) in [7, 11) is -3.98. The predicted molar refractivity (Wildman–Crippen MR) is 91.3 cm³/mol. The molecular weight excluding hydrogens is 328 g/mol. The van der Waals surface area contributed by atoms with Crippen LogP contribution in [0.4, 0.5) is 5.69 Å². The van der Waals surface area contributed by atoms with Crippen LogP contribution in [0.15, 0.2) is 47.4 Å². The molecule has 2 aromatic rings. The van der Waals surface area contributed by atoms with E-state index < -0.39 is 15.9 Å². The highest BCUT2D eigenvalue weighted by molar-refractivity contribution is 7.90. The molecule has 0 aliphatic heterocycles. The SMILES string of the molecule is CC(=O)Nc1cccc(C(=O)NS(=O)(=O)c2ccc(C)cc2C)c1. The van der Waals surface area contributed by atoms with Crippen molar-refractivity contribution in [1.82, 2.24) is 4.72 Å². The van der Waals surface area contributed by atoms with Crippen molar-refractivity contribution in [3.05, 3.63) is 59.2 Å². The van der Waals surface area contributed by atoms with Gasteiger partial charge in [0.15, 0.2) is 0 Å². The molecule has 0 atom stereocenters. The third kappa shape index (κ3) is 4.20. The first kappa shape index (κ1) is 17.7. The Kier molecular flexibility index (Phi) is 5.04. The van der Waals surface area contributed by atoms with Crippen molar-refractivity contribution in [2.45, 2.75) is 25.7 Å². The van der Waals surface area contributed by atoms with Gasteiger partial charge in [-0.05, 0) is 43.7 Å². The van der Waals surface area contributed by atoms with E-state index in [2.05, 4.69) is 10.0 Å². The second kappa shape index (κ2) is 6.84. The summed E-state index contributed by atoms with van der Waals surface area (Å²) in [5.41, 5.74) is 2.04. The molecule has 0 saturated carbocycles. The minimum absolute atomic E-state index is 0.0551. The van der Waals surface area contributed by atoms with Gasteiger partial charge in [-0.1, -0.05) is 23.8 Å². The van der Waals surface area contributed by atoms with Gasteiger partial charge in [-0.2, -0.15) is 0 Å². The van der Waals surface area contributed by atoms with Crippen molar-refractivity contribution in [3.63, 3.8) is 0 Å². The first-order valence-corrected chi connectivity index (χ1v) is 8.69. The van der Waals surface area contributed by atoms with Crippen molar-refractivity contribution in [3.8, 4) is 0 Å². The zero-order chi connectivity index (χ0) is 17.9. The Labute approximate surface area is 140 Å². The Balaban J connectivity index is 2.26. The first-order valence-electron chi connectivity index (χ1n) is 7.21. The number of nitrogens with one attached hydrogen (secondary N) is 2. The van der Waals surface area contributed by atoms with Crippen LogP contribution in [0.2, 0.25) is 0 Å². The van der Waals surface area contributed by atoms with Crippen molar-refractivity contribution in [2.24, 2.45) is 0 Å². The number of anilines is 1. The van der Waals surface area contributed by atoms with E-state index in [4.69, 9.17) is 0 Å². The maximum absolute atomic E-state index is 12.4. The minimum Gasteiger partial charge on any atom is -0.326 e. The standard InChI is InChI=1S/C17H18N2O4S/c1-11-7-8-16(12(2)9-11)24(22,23)19-17(21)14-5-4-6-15(10-14)18-13(3)20/h4-10H,1-3H3,(H,18,20)(H,19,21). The van der Waals surface area contributed by atoms with E-state index in [1.807, 2.05) is 6.92 Å².